The van der Waals surface area contributed by atoms with Gasteiger partial charge in [-0.3, -0.25) is 4.79 Å². The normalized spacial score (nSPS) is 10.8. The van der Waals surface area contributed by atoms with Crippen LogP contribution in [0.25, 0.3) is 0 Å². The van der Waals surface area contributed by atoms with Crippen molar-refractivity contribution in [2.24, 2.45) is 4.99 Å². The Labute approximate surface area is 176 Å². The Morgan fingerprint density at radius 2 is 1.73 bits per heavy atom. The summed E-state index contributed by atoms with van der Waals surface area (Å²) in [6, 6.07) is 14.5. The Balaban J connectivity index is 0.00000338. The summed E-state index contributed by atoms with van der Waals surface area (Å²) in [6.45, 7) is 1.70. The van der Waals surface area contributed by atoms with Gasteiger partial charge in [0.2, 0.25) is 5.91 Å². The lowest BCUT2D eigenvalue weighted by molar-refractivity contribution is -0.127. The second kappa shape index (κ2) is 12.7. The molecular weight excluding hydrogens is 459 g/mol. The molecule has 1 aromatic carbocycles. The first-order valence-corrected chi connectivity index (χ1v) is 9.32. The molecule has 0 unspecified atom stereocenters. The predicted molar refractivity (Wildman–Crippen MR) is 121 cm³/mol. The molecule has 0 radical (unpaired) electrons. The van der Waals surface area contributed by atoms with Crippen molar-refractivity contribution in [1.82, 2.24) is 15.5 Å². The van der Waals surface area contributed by atoms with Gasteiger partial charge < -0.3 is 15.5 Å². The zero-order chi connectivity index (χ0) is 17.9. The van der Waals surface area contributed by atoms with Crippen LogP contribution in [0.3, 0.4) is 0 Å². The SMILES string of the molecule is CN(C)C(=O)CN=C(NCCc1ccccc1)NCCc1cccs1.I. The van der Waals surface area contributed by atoms with Crippen molar-refractivity contribution in [2.45, 2.75) is 12.8 Å². The molecule has 1 heterocycles. The van der Waals surface area contributed by atoms with E-state index in [2.05, 4.69) is 45.3 Å². The molecule has 26 heavy (non-hydrogen) atoms. The van der Waals surface area contributed by atoms with E-state index in [9.17, 15) is 4.79 Å². The van der Waals surface area contributed by atoms with Crippen LogP contribution in [0.1, 0.15) is 10.4 Å². The maximum atomic E-state index is 11.8. The largest absolute Gasteiger partial charge is 0.356 e. The molecule has 0 atom stereocenters. The highest BCUT2D eigenvalue weighted by Gasteiger charge is 2.05. The van der Waals surface area contributed by atoms with Crippen molar-refractivity contribution in [1.29, 1.82) is 0 Å². The van der Waals surface area contributed by atoms with Gasteiger partial charge in [-0.15, -0.1) is 35.3 Å². The number of carbonyl (C=O) groups excluding carboxylic acids is 1. The van der Waals surface area contributed by atoms with E-state index in [1.807, 2.05) is 18.2 Å². The van der Waals surface area contributed by atoms with Crippen LogP contribution in [0.2, 0.25) is 0 Å². The number of nitrogens with zero attached hydrogens (tertiary/aromatic N) is 2. The van der Waals surface area contributed by atoms with Crippen molar-refractivity contribution >= 4 is 47.2 Å². The van der Waals surface area contributed by atoms with Gasteiger partial charge in [0.25, 0.3) is 0 Å². The number of aliphatic imine (C=N–C) groups is 1. The fraction of sp³-hybridized carbons (Fsp3) is 0.368. The van der Waals surface area contributed by atoms with Gasteiger partial charge in [-0.2, -0.15) is 0 Å². The van der Waals surface area contributed by atoms with Gasteiger partial charge in [-0.1, -0.05) is 36.4 Å². The van der Waals surface area contributed by atoms with Crippen LogP contribution in [0.4, 0.5) is 0 Å². The van der Waals surface area contributed by atoms with Crippen LogP contribution in [-0.4, -0.2) is 50.5 Å². The molecule has 2 rings (SSSR count). The summed E-state index contributed by atoms with van der Waals surface area (Å²) in [4.78, 5) is 19.1. The highest BCUT2D eigenvalue weighted by Crippen LogP contribution is 2.08. The zero-order valence-electron chi connectivity index (χ0n) is 15.3. The predicted octanol–water partition coefficient (Wildman–Crippen LogP) is 2.77. The zero-order valence-corrected chi connectivity index (χ0v) is 18.4. The highest BCUT2D eigenvalue weighted by atomic mass is 127. The average molecular weight is 486 g/mol. The van der Waals surface area contributed by atoms with E-state index in [1.165, 1.54) is 10.4 Å². The Morgan fingerprint density at radius 1 is 1.04 bits per heavy atom. The number of thiophene rings is 1. The molecule has 1 amide bonds. The molecule has 142 valence electrons. The van der Waals surface area contributed by atoms with Crippen LogP contribution >= 0.6 is 35.3 Å². The lowest BCUT2D eigenvalue weighted by Crippen LogP contribution is -2.40. The molecule has 0 spiro atoms. The molecule has 0 saturated carbocycles. The summed E-state index contributed by atoms with van der Waals surface area (Å²) < 4.78 is 0. The number of halogens is 1. The van der Waals surface area contributed by atoms with Gasteiger partial charge in [-0.05, 0) is 29.9 Å². The van der Waals surface area contributed by atoms with Gasteiger partial charge in [0.15, 0.2) is 5.96 Å². The number of hydrogen-bond donors (Lipinski definition) is 2. The number of benzene rings is 1. The molecule has 2 aromatic rings. The first-order chi connectivity index (χ1) is 12.1. The standard InChI is InChI=1S/C19H26N4OS.HI/c1-23(2)18(24)15-22-19(21-13-11-17-9-6-14-25-17)20-12-10-16-7-4-3-5-8-16;/h3-9,14H,10-13,15H2,1-2H3,(H2,20,21,22);1H. The topological polar surface area (TPSA) is 56.7 Å². The summed E-state index contributed by atoms with van der Waals surface area (Å²) >= 11 is 1.75. The fourth-order valence-corrected chi connectivity index (χ4v) is 2.90. The number of carbonyl (C=O) groups is 1. The van der Waals surface area contributed by atoms with E-state index in [4.69, 9.17) is 0 Å². The smallest absolute Gasteiger partial charge is 0.243 e. The third-order valence-corrected chi connectivity index (χ3v) is 4.60. The summed E-state index contributed by atoms with van der Waals surface area (Å²) in [5.41, 5.74) is 1.28. The van der Waals surface area contributed by atoms with Crippen molar-refractivity contribution in [3.63, 3.8) is 0 Å². The summed E-state index contributed by atoms with van der Waals surface area (Å²) in [7, 11) is 3.48. The Bertz CT molecular complexity index is 659. The van der Waals surface area contributed by atoms with Crippen LogP contribution in [0, 0.1) is 0 Å². The second-order valence-corrected chi connectivity index (χ2v) is 6.90. The monoisotopic (exact) mass is 486 g/mol. The van der Waals surface area contributed by atoms with E-state index in [-0.39, 0.29) is 36.4 Å². The third-order valence-electron chi connectivity index (χ3n) is 3.66. The quantitative estimate of drug-likeness (QED) is 0.343. The average Bonchev–Trinajstić information content (AvgIpc) is 3.13. The number of rotatable bonds is 8. The van der Waals surface area contributed by atoms with Crippen molar-refractivity contribution in [2.75, 3.05) is 33.7 Å². The van der Waals surface area contributed by atoms with Gasteiger partial charge in [0.1, 0.15) is 6.54 Å². The molecule has 0 fully saturated rings. The van der Waals surface area contributed by atoms with Gasteiger partial charge >= 0.3 is 0 Å². The van der Waals surface area contributed by atoms with Crippen LogP contribution < -0.4 is 10.6 Å². The molecule has 0 aliphatic rings. The van der Waals surface area contributed by atoms with E-state index in [0.717, 1.165) is 25.9 Å². The number of nitrogens with one attached hydrogen (secondary N) is 2. The summed E-state index contributed by atoms with van der Waals surface area (Å²) in [6.07, 6.45) is 1.85. The van der Waals surface area contributed by atoms with Crippen molar-refractivity contribution in [3.05, 3.63) is 58.3 Å². The van der Waals surface area contributed by atoms with E-state index < -0.39 is 0 Å². The molecule has 0 aliphatic carbocycles. The van der Waals surface area contributed by atoms with Gasteiger partial charge in [-0.25, -0.2) is 4.99 Å². The lowest BCUT2D eigenvalue weighted by Gasteiger charge is -2.13. The molecule has 1 aromatic heterocycles. The number of guanidine groups is 1. The van der Waals surface area contributed by atoms with Crippen LogP contribution in [-0.2, 0) is 17.6 Å². The minimum absolute atomic E-state index is 0. The third kappa shape index (κ3) is 8.66. The number of amides is 1. The van der Waals surface area contributed by atoms with Crippen molar-refractivity contribution in [3.8, 4) is 0 Å². The first-order valence-electron chi connectivity index (χ1n) is 8.44. The Kier molecular flexibility index (Phi) is 11.0. The lowest BCUT2D eigenvalue weighted by atomic mass is 10.1. The van der Waals surface area contributed by atoms with E-state index >= 15 is 0 Å². The summed E-state index contributed by atoms with van der Waals surface area (Å²) in [5.74, 6) is 0.671. The Morgan fingerprint density at radius 3 is 2.35 bits per heavy atom. The number of likely N-dealkylation sites (N-methyl/N-ethyl adjacent to an activating group) is 1. The highest BCUT2D eigenvalue weighted by molar-refractivity contribution is 14.0. The molecule has 0 bridgehead atoms. The maximum absolute atomic E-state index is 11.8. The number of hydrogen-bond acceptors (Lipinski definition) is 3. The molecule has 5 nitrogen and oxygen atoms in total. The van der Waals surface area contributed by atoms with Gasteiger partial charge in [0, 0.05) is 32.1 Å². The minimum Gasteiger partial charge on any atom is -0.356 e. The minimum atomic E-state index is -0.0117. The van der Waals surface area contributed by atoms with E-state index in [1.54, 1.807) is 30.3 Å². The van der Waals surface area contributed by atoms with Crippen molar-refractivity contribution < 1.29 is 4.79 Å². The Hall–Kier alpha value is -1.61. The molecule has 2 N–H and O–H groups in total. The van der Waals surface area contributed by atoms with Gasteiger partial charge in [0.05, 0.1) is 0 Å². The molecule has 7 heteroatoms. The molecular formula is C19H27IN4OS. The van der Waals surface area contributed by atoms with Crippen LogP contribution in [0.5, 0.6) is 0 Å². The molecule has 0 saturated heterocycles. The first kappa shape index (κ1) is 22.4. The van der Waals surface area contributed by atoms with Crippen LogP contribution in [0.15, 0.2) is 52.8 Å². The fourth-order valence-electron chi connectivity index (χ4n) is 2.19. The summed E-state index contributed by atoms with van der Waals surface area (Å²) in [5, 5.41) is 8.71. The second-order valence-electron chi connectivity index (χ2n) is 5.87. The molecule has 0 aliphatic heterocycles. The maximum Gasteiger partial charge on any atom is 0.243 e. The van der Waals surface area contributed by atoms with E-state index in [0.29, 0.717) is 5.96 Å².